The molecule has 0 spiro atoms. The molecule has 0 saturated carbocycles. The first kappa shape index (κ1) is 18.2. The molecule has 0 unspecified atom stereocenters. The average Bonchev–Trinajstić information content (AvgIpc) is 3.12. The van der Waals surface area contributed by atoms with Crippen LogP contribution in [0.2, 0.25) is 0 Å². The van der Waals surface area contributed by atoms with Gasteiger partial charge in [0.05, 0.1) is 12.3 Å². The smallest absolute Gasteiger partial charge is 0.139 e. The number of aromatic nitrogens is 1. The zero-order valence-electron chi connectivity index (χ0n) is 15.7. The summed E-state index contributed by atoms with van der Waals surface area (Å²) in [5.74, 6) is 0.109. The van der Waals surface area contributed by atoms with E-state index in [4.69, 9.17) is 0 Å². The number of nitrogens with zero attached hydrogens (tertiary/aromatic N) is 2. The normalized spacial score (nSPS) is 13.7. The number of hydrogen-bond acceptors (Lipinski definition) is 3. The highest BCUT2D eigenvalue weighted by molar-refractivity contribution is 6.15. The summed E-state index contributed by atoms with van der Waals surface area (Å²) < 4.78 is 13.2. The average molecular weight is 372 g/mol. The monoisotopic (exact) mass is 372 g/mol. The molecule has 0 radical (unpaired) electrons. The van der Waals surface area contributed by atoms with Crippen LogP contribution in [0.5, 0.6) is 0 Å². The molecule has 1 aliphatic rings. The molecular formula is C24H21FN2O. The first-order valence-corrected chi connectivity index (χ1v) is 9.45. The molecule has 0 bridgehead atoms. The van der Waals surface area contributed by atoms with Crippen LogP contribution in [0.1, 0.15) is 47.2 Å². The number of hydrogen-bond donors (Lipinski definition) is 0. The largest absolute Gasteiger partial charge is 0.299 e. The SMILES string of the molecule is C[C@@H](CC(=O)Cc1cc2c(cn1)C(c1ccc(F)cc1)=NC2)c1ccccc1. The molecule has 2 aromatic carbocycles. The number of aliphatic imine (C=N–C) groups is 1. The topological polar surface area (TPSA) is 42.3 Å². The Bertz CT molecular complexity index is 1030. The molecule has 1 aromatic heterocycles. The number of carbonyl (C=O) groups excluding carboxylic acids is 1. The van der Waals surface area contributed by atoms with Crippen LogP contribution in [0.25, 0.3) is 0 Å². The molecule has 140 valence electrons. The summed E-state index contributed by atoms with van der Waals surface area (Å²) in [6.07, 6.45) is 2.62. The van der Waals surface area contributed by atoms with Gasteiger partial charge in [0.25, 0.3) is 0 Å². The van der Waals surface area contributed by atoms with Crippen molar-refractivity contribution in [3.05, 3.63) is 101 Å². The Morgan fingerprint density at radius 3 is 2.61 bits per heavy atom. The number of benzene rings is 2. The van der Waals surface area contributed by atoms with Crippen molar-refractivity contribution in [2.45, 2.75) is 32.2 Å². The van der Waals surface area contributed by atoms with Crippen molar-refractivity contribution in [2.75, 3.05) is 0 Å². The van der Waals surface area contributed by atoms with Crippen LogP contribution in [0.4, 0.5) is 4.39 Å². The Kier molecular flexibility index (Phi) is 5.11. The Balaban J connectivity index is 1.44. The van der Waals surface area contributed by atoms with Gasteiger partial charge < -0.3 is 0 Å². The van der Waals surface area contributed by atoms with Crippen molar-refractivity contribution in [2.24, 2.45) is 4.99 Å². The predicted octanol–water partition coefficient (Wildman–Crippen LogP) is 4.88. The Morgan fingerprint density at radius 1 is 1.11 bits per heavy atom. The van der Waals surface area contributed by atoms with Gasteiger partial charge in [-0.1, -0.05) is 37.3 Å². The number of halogens is 1. The summed E-state index contributed by atoms with van der Waals surface area (Å²) in [6.45, 7) is 2.64. The van der Waals surface area contributed by atoms with Crippen LogP contribution in [0.3, 0.4) is 0 Å². The maximum atomic E-state index is 13.2. The van der Waals surface area contributed by atoms with E-state index in [0.717, 1.165) is 28.1 Å². The van der Waals surface area contributed by atoms with Crippen LogP contribution in [-0.4, -0.2) is 16.5 Å². The van der Waals surface area contributed by atoms with Gasteiger partial charge in [-0.25, -0.2) is 4.39 Å². The lowest BCUT2D eigenvalue weighted by atomic mass is 9.94. The quantitative estimate of drug-likeness (QED) is 0.619. The van der Waals surface area contributed by atoms with E-state index in [1.165, 1.54) is 17.7 Å². The molecule has 0 fully saturated rings. The molecule has 0 saturated heterocycles. The predicted molar refractivity (Wildman–Crippen MR) is 108 cm³/mol. The second kappa shape index (κ2) is 7.85. The molecular weight excluding hydrogens is 351 g/mol. The van der Waals surface area contributed by atoms with Crippen LogP contribution in [0.15, 0.2) is 71.9 Å². The molecule has 0 amide bonds. The highest BCUT2D eigenvalue weighted by Crippen LogP contribution is 2.24. The third-order valence-corrected chi connectivity index (χ3v) is 5.11. The van der Waals surface area contributed by atoms with Crippen LogP contribution < -0.4 is 0 Å². The third kappa shape index (κ3) is 3.91. The number of carbonyl (C=O) groups is 1. The summed E-state index contributed by atoms with van der Waals surface area (Å²) in [7, 11) is 0. The highest BCUT2D eigenvalue weighted by Gasteiger charge is 2.20. The lowest BCUT2D eigenvalue weighted by Crippen LogP contribution is -2.10. The van der Waals surface area contributed by atoms with E-state index < -0.39 is 0 Å². The number of rotatable bonds is 6. The molecule has 3 nitrogen and oxygen atoms in total. The van der Waals surface area contributed by atoms with Gasteiger partial charge in [0, 0.05) is 35.9 Å². The van der Waals surface area contributed by atoms with E-state index in [2.05, 4.69) is 29.0 Å². The van der Waals surface area contributed by atoms with Crippen molar-refractivity contribution in [3.8, 4) is 0 Å². The van der Waals surface area contributed by atoms with Crippen LogP contribution in [-0.2, 0) is 17.8 Å². The van der Waals surface area contributed by atoms with E-state index in [1.807, 2.05) is 24.3 Å². The Hall–Kier alpha value is -3.14. The summed E-state index contributed by atoms with van der Waals surface area (Å²) in [5.41, 5.74) is 5.68. The first-order valence-electron chi connectivity index (χ1n) is 9.45. The zero-order chi connectivity index (χ0) is 19.5. The Morgan fingerprint density at radius 2 is 1.86 bits per heavy atom. The van der Waals surface area contributed by atoms with Crippen LogP contribution in [0, 0.1) is 5.82 Å². The van der Waals surface area contributed by atoms with E-state index >= 15 is 0 Å². The maximum absolute atomic E-state index is 13.2. The zero-order valence-corrected chi connectivity index (χ0v) is 15.7. The molecule has 0 aliphatic carbocycles. The van der Waals surface area contributed by atoms with Crippen LogP contribution >= 0.6 is 0 Å². The fourth-order valence-corrected chi connectivity index (χ4v) is 3.61. The minimum Gasteiger partial charge on any atom is -0.299 e. The summed E-state index contributed by atoms with van der Waals surface area (Å²) in [6, 6.07) is 18.4. The molecule has 2 heterocycles. The lowest BCUT2D eigenvalue weighted by Gasteiger charge is -2.11. The molecule has 1 atom stereocenters. The van der Waals surface area contributed by atoms with Gasteiger partial charge in [0.2, 0.25) is 0 Å². The van der Waals surface area contributed by atoms with Crippen molar-refractivity contribution in [1.82, 2.24) is 4.98 Å². The fraction of sp³-hybridized carbons (Fsp3) is 0.208. The summed E-state index contributed by atoms with van der Waals surface area (Å²) >= 11 is 0. The van der Waals surface area contributed by atoms with Crippen molar-refractivity contribution >= 4 is 11.5 Å². The molecule has 4 heteroatoms. The van der Waals surface area contributed by atoms with Gasteiger partial charge >= 0.3 is 0 Å². The van der Waals surface area contributed by atoms with Gasteiger partial charge in [-0.15, -0.1) is 0 Å². The summed E-state index contributed by atoms with van der Waals surface area (Å²) in [5, 5.41) is 0. The Labute approximate surface area is 164 Å². The van der Waals surface area contributed by atoms with Gasteiger partial charge in [0.15, 0.2) is 0 Å². The van der Waals surface area contributed by atoms with E-state index in [1.54, 1.807) is 18.3 Å². The maximum Gasteiger partial charge on any atom is 0.139 e. The molecule has 3 aromatic rings. The number of fused-ring (bicyclic) bond motifs is 1. The van der Waals surface area contributed by atoms with E-state index in [0.29, 0.717) is 19.4 Å². The molecule has 0 N–H and O–H groups in total. The van der Waals surface area contributed by atoms with Gasteiger partial charge in [-0.05, 0) is 47.4 Å². The second-order valence-electron chi connectivity index (χ2n) is 7.24. The molecule has 28 heavy (non-hydrogen) atoms. The minimum atomic E-state index is -0.265. The van der Waals surface area contributed by atoms with E-state index in [-0.39, 0.29) is 17.5 Å². The highest BCUT2D eigenvalue weighted by atomic mass is 19.1. The van der Waals surface area contributed by atoms with Crippen molar-refractivity contribution in [3.63, 3.8) is 0 Å². The molecule has 1 aliphatic heterocycles. The van der Waals surface area contributed by atoms with Gasteiger partial charge in [-0.3, -0.25) is 14.8 Å². The number of Topliss-reactive ketones (excluding diaryl/α,β-unsaturated/α-hetero) is 1. The first-order chi connectivity index (χ1) is 13.6. The van der Waals surface area contributed by atoms with Gasteiger partial charge in [-0.2, -0.15) is 0 Å². The third-order valence-electron chi connectivity index (χ3n) is 5.11. The summed E-state index contributed by atoms with van der Waals surface area (Å²) in [4.78, 5) is 21.6. The van der Waals surface area contributed by atoms with Crippen molar-refractivity contribution in [1.29, 1.82) is 0 Å². The van der Waals surface area contributed by atoms with E-state index in [9.17, 15) is 9.18 Å². The lowest BCUT2D eigenvalue weighted by molar-refractivity contribution is -0.118. The number of pyridine rings is 1. The second-order valence-corrected chi connectivity index (χ2v) is 7.24. The van der Waals surface area contributed by atoms with Crippen molar-refractivity contribution < 1.29 is 9.18 Å². The minimum absolute atomic E-state index is 0.182. The molecule has 4 rings (SSSR count). The standard InChI is InChI=1S/C24H21FN2O/c1-16(17-5-3-2-4-6-17)11-22(28)13-21-12-19-14-27-24(23(19)15-26-21)18-7-9-20(25)10-8-18/h2-10,12,15-16H,11,13-14H2,1H3/t16-/m0/s1. The fourth-order valence-electron chi connectivity index (χ4n) is 3.61. The van der Waals surface area contributed by atoms with Gasteiger partial charge in [0.1, 0.15) is 11.6 Å². The number of ketones is 1.